The van der Waals surface area contributed by atoms with E-state index in [4.69, 9.17) is 26.6 Å². The maximum Gasteiger partial charge on any atom is 0.332 e. The number of carbonyl (C=O) groups is 2. The van der Waals surface area contributed by atoms with Crippen LogP contribution in [0.1, 0.15) is 6.42 Å². The van der Waals surface area contributed by atoms with Gasteiger partial charge in [0.2, 0.25) is 0 Å². The fourth-order valence-corrected chi connectivity index (χ4v) is 1.41. The Morgan fingerprint density at radius 3 is 2.79 bits per heavy atom. The van der Waals surface area contributed by atoms with Crippen molar-refractivity contribution in [1.29, 1.82) is 0 Å². The van der Waals surface area contributed by atoms with E-state index >= 15 is 0 Å². The first-order chi connectivity index (χ1) is 8.99. The number of benzene rings is 1. The van der Waals surface area contributed by atoms with Gasteiger partial charge in [-0.1, -0.05) is 17.7 Å². The lowest BCUT2D eigenvalue weighted by Crippen LogP contribution is -2.33. The molecule has 1 atom stereocenters. The molecule has 0 bridgehead atoms. The molecule has 7 heteroatoms. The molecular formula is C12H14ClNO5. The Labute approximate surface area is 114 Å². The number of amides is 1. The standard InChI is InChI=1S/C12H14ClNO5/c13-8-2-1-3-9(6-8)19-7-11(16)14-5-4-10(15)12(17)18/h1-3,6,10,15H,4-5,7H2,(H,14,16)(H,17,18)/t10-/m0/s1. The highest BCUT2D eigenvalue weighted by Crippen LogP contribution is 2.16. The van der Waals surface area contributed by atoms with Gasteiger partial charge in [0.15, 0.2) is 12.7 Å². The molecule has 1 aromatic rings. The summed E-state index contributed by atoms with van der Waals surface area (Å²) in [7, 11) is 0. The van der Waals surface area contributed by atoms with Crippen LogP contribution in [-0.4, -0.2) is 41.3 Å². The molecule has 6 nitrogen and oxygen atoms in total. The molecule has 0 aliphatic rings. The highest BCUT2D eigenvalue weighted by molar-refractivity contribution is 6.30. The molecule has 0 aliphatic heterocycles. The average molecular weight is 288 g/mol. The normalized spacial score (nSPS) is 11.7. The summed E-state index contributed by atoms with van der Waals surface area (Å²) in [4.78, 5) is 21.7. The third-order valence-corrected chi connectivity index (χ3v) is 2.43. The van der Waals surface area contributed by atoms with Gasteiger partial charge in [-0.3, -0.25) is 4.79 Å². The second-order valence-corrected chi connectivity index (χ2v) is 4.18. The van der Waals surface area contributed by atoms with E-state index in [1.807, 2.05) is 0 Å². The minimum atomic E-state index is -1.48. The molecule has 3 N–H and O–H groups in total. The van der Waals surface area contributed by atoms with E-state index in [9.17, 15) is 9.59 Å². The third-order valence-electron chi connectivity index (χ3n) is 2.19. The highest BCUT2D eigenvalue weighted by Gasteiger charge is 2.12. The zero-order valence-corrected chi connectivity index (χ0v) is 10.8. The van der Waals surface area contributed by atoms with Gasteiger partial charge in [0, 0.05) is 18.0 Å². The van der Waals surface area contributed by atoms with Crippen LogP contribution in [0.5, 0.6) is 5.75 Å². The molecule has 1 aromatic carbocycles. The lowest BCUT2D eigenvalue weighted by molar-refractivity contribution is -0.147. The largest absolute Gasteiger partial charge is 0.484 e. The monoisotopic (exact) mass is 287 g/mol. The van der Waals surface area contributed by atoms with Crippen LogP contribution in [0, 0.1) is 0 Å². The second-order valence-electron chi connectivity index (χ2n) is 3.74. The van der Waals surface area contributed by atoms with Gasteiger partial charge in [-0.05, 0) is 18.2 Å². The fraction of sp³-hybridized carbons (Fsp3) is 0.333. The second kappa shape index (κ2) is 7.60. The van der Waals surface area contributed by atoms with E-state index < -0.39 is 18.0 Å². The molecular weight excluding hydrogens is 274 g/mol. The van der Waals surface area contributed by atoms with Gasteiger partial charge in [-0.15, -0.1) is 0 Å². The molecule has 1 rings (SSSR count). The minimum Gasteiger partial charge on any atom is -0.484 e. The Morgan fingerprint density at radius 1 is 1.42 bits per heavy atom. The first-order valence-electron chi connectivity index (χ1n) is 5.55. The molecule has 1 amide bonds. The number of rotatable bonds is 7. The van der Waals surface area contributed by atoms with Gasteiger partial charge in [0.05, 0.1) is 0 Å². The molecule has 0 radical (unpaired) electrons. The van der Waals surface area contributed by atoms with Crippen molar-refractivity contribution in [3.8, 4) is 5.75 Å². The number of ether oxygens (including phenoxy) is 1. The van der Waals surface area contributed by atoms with E-state index in [1.165, 1.54) is 0 Å². The number of carboxylic acids is 1. The molecule has 104 valence electrons. The van der Waals surface area contributed by atoms with Crippen molar-refractivity contribution in [1.82, 2.24) is 5.32 Å². The van der Waals surface area contributed by atoms with Gasteiger partial charge in [0.1, 0.15) is 5.75 Å². The van der Waals surface area contributed by atoms with E-state index in [2.05, 4.69) is 5.32 Å². The number of aliphatic carboxylic acids is 1. The van der Waals surface area contributed by atoms with Crippen molar-refractivity contribution < 1.29 is 24.5 Å². The van der Waals surface area contributed by atoms with E-state index in [-0.39, 0.29) is 19.6 Å². The van der Waals surface area contributed by atoms with Crippen LogP contribution in [0.4, 0.5) is 0 Å². The van der Waals surface area contributed by atoms with Gasteiger partial charge < -0.3 is 20.3 Å². The molecule has 0 aliphatic carbocycles. The summed E-state index contributed by atoms with van der Waals surface area (Å²) >= 11 is 5.74. The fourth-order valence-electron chi connectivity index (χ4n) is 1.23. The van der Waals surface area contributed by atoms with Crippen LogP contribution < -0.4 is 10.1 Å². The van der Waals surface area contributed by atoms with Crippen LogP contribution in [0.25, 0.3) is 0 Å². The summed E-state index contributed by atoms with van der Waals surface area (Å²) in [6.07, 6.45) is -1.53. The SMILES string of the molecule is O=C(COc1cccc(Cl)c1)NCC[C@H](O)C(=O)O. The van der Waals surface area contributed by atoms with Crippen molar-refractivity contribution >= 4 is 23.5 Å². The molecule has 0 saturated carbocycles. The predicted octanol–water partition coefficient (Wildman–Crippen LogP) is 0.671. The number of carboxylic acid groups (broad SMARTS) is 1. The quantitative estimate of drug-likeness (QED) is 0.685. The first-order valence-corrected chi connectivity index (χ1v) is 5.93. The predicted molar refractivity (Wildman–Crippen MR) is 68.2 cm³/mol. The summed E-state index contributed by atoms with van der Waals surface area (Å²) in [6.45, 7) is -0.144. The van der Waals surface area contributed by atoms with E-state index in [0.717, 1.165) is 0 Å². The molecule has 0 heterocycles. The van der Waals surface area contributed by atoms with Gasteiger partial charge in [-0.2, -0.15) is 0 Å². The van der Waals surface area contributed by atoms with Crippen LogP contribution in [0.15, 0.2) is 24.3 Å². The summed E-state index contributed by atoms with van der Waals surface area (Å²) in [5, 5.41) is 20.3. The Hall–Kier alpha value is -1.79. The van der Waals surface area contributed by atoms with Crippen molar-refractivity contribution in [3.63, 3.8) is 0 Å². The number of halogens is 1. The zero-order chi connectivity index (χ0) is 14.3. The molecule has 0 spiro atoms. The Kier molecular flexibility index (Phi) is 6.11. The maximum absolute atomic E-state index is 11.4. The summed E-state index contributed by atoms with van der Waals surface area (Å²) in [6, 6.07) is 6.61. The zero-order valence-electron chi connectivity index (χ0n) is 10.0. The van der Waals surface area contributed by atoms with Crippen LogP contribution in [0.2, 0.25) is 5.02 Å². The lowest BCUT2D eigenvalue weighted by atomic mass is 10.2. The summed E-state index contributed by atoms with van der Waals surface area (Å²) < 4.78 is 5.18. The third kappa shape index (κ3) is 6.08. The summed E-state index contributed by atoms with van der Waals surface area (Å²) in [5.41, 5.74) is 0. The van der Waals surface area contributed by atoms with Crippen molar-refractivity contribution in [2.24, 2.45) is 0 Å². The molecule has 0 unspecified atom stereocenters. The lowest BCUT2D eigenvalue weighted by Gasteiger charge is -2.08. The number of hydrogen-bond donors (Lipinski definition) is 3. The molecule has 0 saturated heterocycles. The molecule has 0 fully saturated rings. The van der Waals surface area contributed by atoms with Crippen molar-refractivity contribution in [2.45, 2.75) is 12.5 Å². The van der Waals surface area contributed by atoms with Gasteiger partial charge >= 0.3 is 5.97 Å². The highest BCUT2D eigenvalue weighted by atomic mass is 35.5. The van der Waals surface area contributed by atoms with Crippen LogP contribution in [0.3, 0.4) is 0 Å². The first kappa shape index (κ1) is 15.3. The van der Waals surface area contributed by atoms with Crippen molar-refractivity contribution in [3.05, 3.63) is 29.3 Å². The molecule has 0 aromatic heterocycles. The summed E-state index contributed by atoms with van der Waals surface area (Å²) in [5.74, 6) is -1.25. The Bertz CT molecular complexity index is 452. The number of carbonyl (C=O) groups excluding carboxylic acids is 1. The maximum atomic E-state index is 11.4. The van der Waals surface area contributed by atoms with Crippen molar-refractivity contribution in [2.75, 3.05) is 13.2 Å². The van der Waals surface area contributed by atoms with Gasteiger partial charge in [0.25, 0.3) is 5.91 Å². The smallest absolute Gasteiger partial charge is 0.332 e. The Balaban J connectivity index is 2.23. The van der Waals surface area contributed by atoms with Crippen LogP contribution in [-0.2, 0) is 9.59 Å². The number of aliphatic hydroxyl groups is 1. The topological polar surface area (TPSA) is 95.9 Å². The number of hydrogen-bond acceptors (Lipinski definition) is 4. The van der Waals surface area contributed by atoms with E-state index in [0.29, 0.717) is 10.8 Å². The van der Waals surface area contributed by atoms with Gasteiger partial charge in [-0.25, -0.2) is 4.79 Å². The molecule has 19 heavy (non-hydrogen) atoms. The van der Waals surface area contributed by atoms with Crippen LogP contribution >= 0.6 is 11.6 Å². The van der Waals surface area contributed by atoms with E-state index in [1.54, 1.807) is 24.3 Å². The average Bonchev–Trinajstić information content (AvgIpc) is 2.36. The number of nitrogens with one attached hydrogen (secondary N) is 1. The minimum absolute atomic E-state index is 0.0573. The number of aliphatic hydroxyl groups excluding tert-OH is 1. The Morgan fingerprint density at radius 2 is 2.16 bits per heavy atom.